The third-order valence-corrected chi connectivity index (χ3v) is 4.42. The van der Waals surface area contributed by atoms with Crippen molar-refractivity contribution in [1.82, 2.24) is 10.2 Å². The number of carboxylic acids is 2. The Hall–Kier alpha value is -2.97. The highest BCUT2D eigenvalue weighted by atomic mass is 16.4. The van der Waals surface area contributed by atoms with Gasteiger partial charge < -0.3 is 15.5 Å². The number of unbranched alkanes of at least 4 members (excludes halogenated alkanes) is 2. The highest BCUT2D eigenvalue weighted by Crippen LogP contribution is 2.25. The molecule has 0 saturated heterocycles. The zero-order valence-electron chi connectivity index (χ0n) is 14.6. The molecule has 0 fully saturated rings. The quantitative estimate of drug-likeness (QED) is 0.390. The molecule has 0 aromatic rings. The minimum Gasteiger partial charge on any atom is -0.478 e. The van der Waals surface area contributed by atoms with Crippen LogP contribution in [-0.2, 0) is 24.0 Å². The lowest BCUT2D eigenvalue weighted by atomic mass is 9.88. The summed E-state index contributed by atoms with van der Waals surface area (Å²) in [6.07, 6.45) is 6.16. The number of carbonyl (C=O) groups excluding carboxylic acids is 3. The standard InChI is InChI=1S/C18H21N2O7/c21-14(4-2-1-3-9-20-15(22)7-8-16(20)23)19-11-5-6-12(17(24)25)13(10-11)18(26)27/h7-8,10-11H,1-6,9H2,(H,19,21)(H,24,25)(H,26,27). The van der Waals surface area contributed by atoms with E-state index in [1.165, 1.54) is 18.6 Å². The molecule has 145 valence electrons. The topological polar surface area (TPSA) is 141 Å². The molecule has 1 radical (unpaired) electrons. The van der Waals surface area contributed by atoms with Crippen LogP contribution in [0.1, 0.15) is 38.5 Å². The Morgan fingerprint density at radius 2 is 1.70 bits per heavy atom. The highest BCUT2D eigenvalue weighted by molar-refractivity contribution is 6.12. The molecule has 27 heavy (non-hydrogen) atoms. The molecule has 3 N–H and O–H groups in total. The van der Waals surface area contributed by atoms with Gasteiger partial charge in [0.2, 0.25) is 5.91 Å². The van der Waals surface area contributed by atoms with E-state index in [9.17, 15) is 24.0 Å². The van der Waals surface area contributed by atoms with Crippen LogP contribution in [0.3, 0.4) is 0 Å². The smallest absolute Gasteiger partial charge is 0.332 e. The van der Waals surface area contributed by atoms with Crippen molar-refractivity contribution < 1.29 is 34.2 Å². The fourth-order valence-electron chi connectivity index (χ4n) is 3.02. The molecule has 3 amide bonds. The van der Waals surface area contributed by atoms with Gasteiger partial charge >= 0.3 is 11.9 Å². The number of rotatable bonds is 9. The van der Waals surface area contributed by atoms with Crippen LogP contribution in [-0.4, -0.2) is 57.4 Å². The maximum Gasteiger partial charge on any atom is 0.332 e. The summed E-state index contributed by atoms with van der Waals surface area (Å²) in [5.74, 6) is -3.50. The summed E-state index contributed by atoms with van der Waals surface area (Å²) >= 11 is 0. The van der Waals surface area contributed by atoms with Gasteiger partial charge in [0, 0.05) is 43.2 Å². The van der Waals surface area contributed by atoms with E-state index in [1.54, 1.807) is 0 Å². The molecular weight excluding hydrogens is 356 g/mol. The number of nitrogens with zero attached hydrogens (tertiary/aromatic N) is 1. The normalized spacial score (nSPS) is 19.6. The number of nitrogens with one attached hydrogen (secondary N) is 1. The van der Waals surface area contributed by atoms with Gasteiger partial charge in [-0.1, -0.05) is 6.42 Å². The molecule has 1 aliphatic heterocycles. The van der Waals surface area contributed by atoms with Gasteiger partial charge in [0.05, 0.1) is 5.57 Å². The van der Waals surface area contributed by atoms with Crippen molar-refractivity contribution in [3.05, 3.63) is 29.7 Å². The highest BCUT2D eigenvalue weighted by Gasteiger charge is 2.29. The summed E-state index contributed by atoms with van der Waals surface area (Å²) in [5.41, 5.74) is -0.443. The Morgan fingerprint density at radius 1 is 1.04 bits per heavy atom. The fourth-order valence-corrected chi connectivity index (χ4v) is 3.02. The first-order valence-electron chi connectivity index (χ1n) is 8.67. The van der Waals surface area contributed by atoms with Crippen molar-refractivity contribution in [2.24, 2.45) is 0 Å². The maximum atomic E-state index is 12.0. The van der Waals surface area contributed by atoms with Gasteiger partial charge in [-0.2, -0.15) is 0 Å². The lowest BCUT2D eigenvalue weighted by Gasteiger charge is -2.24. The van der Waals surface area contributed by atoms with Crippen LogP contribution in [0.5, 0.6) is 0 Å². The van der Waals surface area contributed by atoms with E-state index in [1.807, 2.05) is 0 Å². The van der Waals surface area contributed by atoms with Gasteiger partial charge in [0.1, 0.15) is 0 Å². The summed E-state index contributed by atoms with van der Waals surface area (Å²) in [7, 11) is 0. The molecule has 9 nitrogen and oxygen atoms in total. The van der Waals surface area contributed by atoms with Gasteiger partial charge in [-0.05, 0) is 25.7 Å². The molecule has 2 rings (SSSR count). The Labute approximate surface area is 155 Å². The zero-order valence-corrected chi connectivity index (χ0v) is 14.6. The number of amides is 3. The lowest BCUT2D eigenvalue weighted by Crippen LogP contribution is -2.38. The third-order valence-electron chi connectivity index (χ3n) is 4.42. The van der Waals surface area contributed by atoms with Gasteiger partial charge in [0.15, 0.2) is 0 Å². The predicted molar refractivity (Wildman–Crippen MR) is 92.1 cm³/mol. The molecule has 1 unspecified atom stereocenters. The van der Waals surface area contributed by atoms with Crippen LogP contribution in [0.25, 0.3) is 0 Å². The van der Waals surface area contributed by atoms with E-state index in [-0.39, 0.29) is 41.7 Å². The first-order chi connectivity index (χ1) is 12.8. The number of hydrogen-bond donors (Lipinski definition) is 3. The first-order valence-corrected chi connectivity index (χ1v) is 8.67. The van der Waals surface area contributed by atoms with E-state index in [2.05, 4.69) is 5.32 Å². The van der Waals surface area contributed by atoms with Crippen molar-refractivity contribution in [2.45, 2.75) is 44.6 Å². The summed E-state index contributed by atoms with van der Waals surface area (Å²) in [6.45, 7) is 0.313. The molecule has 1 atom stereocenters. The van der Waals surface area contributed by atoms with Crippen molar-refractivity contribution in [3.8, 4) is 0 Å². The number of aliphatic carboxylic acids is 2. The molecule has 0 saturated carbocycles. The number of imide groups is 1. The molecule has 1 heterocycles. The van der Waals surface area contributed by atoms with Crippen molar-refractivity contribution in [3.63, 3.8) is 0 Å². The van der Waals surface area contributed by atoms with Gasteiger partial charge in [-0.3, -0.25) is 19.3 Å². The van der Waals surface area contributed by atoms with Crippen molar-refractivity contribution in [1.29, 1.82) is 0 Å². The average Bonchev–Trinajstić information content (AvgIpc) is 2.92. The van der Waals surface area contributed by atoms with Crippen LogP contribution < -0.4 is 5.32 Å². The SMILES string of the molecule is O=C(CCCCCN1C(=O)C=CC1=O)NC1[CH]C(C(=O)O)=C(C(=O)O)CC1. The molecule has 0 bridgehead atoms. The van der Waals surface area contributed by atoms with E-state index < -0.39 is 18.0 Å². The molecule has 9 heteroatoms. The number of carbonyl (C=O) groups is 5. The molecule has 0 aromatic carbocycles. The van der Waals surface area contributed by atoms with Gasteiger partial charge in [0.25, 0.3) is 11.8 Å². The summed E-state index contributed by atoms with van der Waals surface area (Å²) < 4.78 is 0. The van der Waals surface area contributed by atoms with E-state index in [0.717, 1.165) is 4.90 Å². The molecule has 1 aliphatic carbocycles. The zero-order chi connectivity index (χ0) is 20.0. The monoisotopic (exact) mass is 377 g/mol. The van der Waals surface area contributed by atoms with E-state index in [0.29, 0.717) is 32.2 Å². The van der Waals surface area contributed by atoms with Gasteiger partial charge in [-0.25, -0.2) is 9.59 Å². The van der Waals surface area contributed by atoms with E-state index in [4.69, 9.17) is 10.2 Å². The van der Waals surface area contributed by atoms with Crippen LogP contribution >= 0.6 is 0 Å². The largest absolute Gasteiger partial charge is 0.478 e. The lowest BCUT2D eigenvalue weighted by molar-refractivity contribution is -0.137. The molecule has 0 aromatic heterocycles. The van der Waals surface area contributed by atoms with Gasteiger partial charge in [-0.15, -0.1) is 0 Å². The first kappa shape index (κ1) is 20.3. The van der Waals surface area contributed by atoms with Crippen LogP contribution in [0.15, 0.2) is 23.3 Å². The average molecular weight is 377 g/mol. The number of hydrogen-bond acceptors (Lipinski definition) is 5. The Balaban J connectivity index is 1.69. The summed E-state index contributed by atoms with van der Waals surface area (Å²) in [4.78, 5) is 58.1. The second-order valence-electron chi connectivity index (χ2n) is 6.35. The minimum atomic E-state index is -1.33. The predicted octanol–water partition coefficient (Wildman–Crippen LogP) is 0.420. The molecule has 2 aliphatic rings. The summed E-state index contributed by atoms with van der Waals surface area (Å²) in [6, 6.07) is -0.516. The van der Waals surface area contributed by atoms with Crippen molar-refractivity contribution >= 4 is 29.7 Å². The second-order valence-corrected chi connectivity index (χ2v) is 6.35. The molecular formula is C18H21N2O7. The minimum absolute atomic E-state index is 0.0738. The fraction of sp³-hybridized carbons (Fsp3) is 0.444. The Kier molecular flexibility index (Phi) is 6.86. The molecule has 0 spiro atoms. The Morgan fingerprint density at radius 3 is 2.30 bits per heavy atom. The maximum absolute atomic E-state index is 12.0. The Bertz CT molecular complexity index is 705. The third kappa shape index (κ3) is 5.50. The van der Waals surface area contributed by atoms with Crippen molar-refractivity contribution in [2.75, 3.05) is 6.54 Å². The summed E-state index contributed by atoms with van der Waals surface area (Å²) in [5, 5.41) is 20.8. The second kappa shape index (κ2) is 9.11. The van der Waals surface area contributed by atoms with E-state index >= 15 is 0 Å². The number of carboxylic acid groups (broad SMARTS) is 2. The van der Waals surface area contributed by atoms with Crippen LogP contribution in [0, 0.1) is 6.42 Å². The van der Waals surface area contributed by atoms with Crippen LogP contribution in [0.4, 0.5) is 0 Å². The van der Waals surface area contributed by atoms with Crippen LogP contribution in [0.2, 0.25) is 0 Å².